The molecular formula is C20H31N7O2S. The molecule has 2 fully saturated rings. The number of carbonyl (C=O) groups is 1. The molecular weight excluding hydrogens is 402 g/mol. The molecule has 0 unspecified atom stereocenters. The molecule has 4 heterocycles. The molecule has 30 heavy (non-hydrogen) atoms. The summed E-state index contributed by atoms with van der Waals surface area (Å²) in [5, 5.41) is 8.40. The zero-order valence-electron chi connectivity index (χ0n) is 17.8. The Hall–Kier alpha value is -2.04. The molecule has 0 saturated carbocycles. The predicted octanol–water partition coefficient (Wildman–Crippen LogP) is 0.755. The summed E-state index contributed by atoms with van der Waals surface area (Å²) in [5.41, 5.74) is -0.142. The smallest absolute Gasteiger partial charge is 0.274 e. The van der Waals surface area contributed by atoms with Gasteiger partial charge in [-0.3, -0.25) is 9.59 Å². The van der Waals surface area contributed by atoms with Crippen molar-refractivity contribution in [1.82, 2.24) is 29.7 Å². The fraction of sp³-hybridized carbons (Fsp3) is 0.700. The average molecular weight is 434 g/mol. The molecule has 9 nitrogen and oxygen atoms in total. The zero-order chi connectivity index (χ0) is 21.1. The molecule has 0 aliphatic carbocycles. The van der Waals surface area contributed by atoms with E-state index in [2.05, 4.69) is 44.1 Å². The quantitative estimate of drug-likeness (QED) is 0.673. The molecule has 4 rings (SSSR count). The minimum atomic E-state index is -0.403. The van der Waals surface area contributed by atoms with Gasteiger partial charge < -0.3 is 20.0 Å². The SMILES string of the molecule is C[C@H]1CCCN(c2nn3c(C(=O)NCCCN4CCN(C)CC4)cc(=O)nc3s2)C1. The predicted molar refractivity (Wildman–Crippen MR) is 119 cm³/mol. The van der Waals surface area contributed by atoms with Gasteiger partial charge in [0.15, 0.2) is 0 Å². The Morgan fingerprint density at radius 2 is 2.07 bits per heavy atom. The first kappa shape index (κ1) is 21.2. The number of amides is 1. The van der Waals surface area contributed by atoms with Gasteiger partial charge in [-0.05, 0) is 38.8 Å². The molecule has 0 aromatic carbocycles. The van der Waals surface area contributed by atoms with E-state index in [1.165, 1.54) is 28.3 Å². The monoisotopic (exact) mass is 433 g/mol. The number of hydrogen-bond acceptors (Lipinski definition) is 8. The summed E-state index contributed by atoms with van der Waals surface area (Å²) in [6.45, 7) is 9.99. The second-order valence-electron chi connectivity index (χ2n) is 8.51. The van der Waals surface area contributed by atoms with Gasteiger partial charge in [-0.2, -0.15) is 9.50 Å². The minimum Gasteiger partial charge on any atom is -0.351 e. The van der Waals surface area contributed by atoms with Crippen LogP contribution in [0.1, 0.15) is 36.7 Å². The number of hydrogen-bond donors (Lipinski definition) is 1. The van der Waals surface area contributed by atoms with Crippen molar-refractivity contribution in [3.05, 3.63) is 22.1 Å². The van der Waals surface area contributed by atoms with Crippen molar-refractivity contribution in [1.29, 1.82) is 0 Å². The normalized spacial score (nSPS) is 21.3. The summed E-state index contributed by atoms with van der Waals surface area (Å²) < 4.78 is 1.52. The Labute approximate surface area is 180 Å². The van der Waals surface area contributed by atoms with Crippen LogP contribution in [0.3, 0.4) is 0 Å². The first-order chi connectivity index (χ1) is 14.5. The lowest BCUT2D eigenvalue weighted by molar-refractivity contribution is 0.0941. The number of likely N-dealkylation sites (N-methyl/N-ethyl adjacent to an activating group) is 1. The summed E-state index contributed by atoms with van der Waals surface area (Å²) in [6.07, 6.45) is 3.23. The van der Waals surface area contributed by atoms with E-state index in [0.717, 1.165) is 63.8 Å². The molecule has 164 valence electrons. The molecule has 10 heteroatoms. The van der Waals surface area contributed by atoms with Crippen LogP contribution in [0.4, 0.5) is 5.13 Å². The number of nitrogens with one attached hydrogen (secondary N) is 1. The number of rotatable bonds is 6. The van der Waals surface area contributed by atoms with Gasteiger partial charge >= 0.3 is 0 Å². The van der Waals surface area contributed by atoms with E-state index in [1.54, 1.807) is 0 Å². The maximum atomic E-state index is 12.8. The van der Waals surface area contributed by atoms with Gasteiger partial charge in [-0.1, -0.05) is 18.3 Å². The fourth-order valence-electron chi connectivity index (χ4n) is 4.12. The van der Waals surface area contributed by atoms with Crippen LogP contribution in [0, 0.1) is 5.92 Å². The highest BCUT2D eigenvalue weighted by atomic mass is 32.1. The average Bonchev–Trinajstić information content (AvgIpc) is 3.15. The van der Waals surface area contributed by atoms with Crippen molar-refractivity contribution in [2.45, 2.75) is 26.2 Å². The number of carbonyl (C=O) groups excluding carboxylic acids is 1. The van der Waals surface area contributed by atoms with E-state index in [1.807, 2.05) is 0 Å². The third-order valence-electron chi connectivity index (χ3n) is 5.94. The molecule has 2 aromatic rings. The van der Waals surface area contributed by atoms with Crippen LogP contribution in [0.2, 0.25) is 0 Å². The first-order valence-electron chi connectivity index (χ1n) is 10.8. The first-order valence-corrected chi connectivity index (χ1v) is 11.7. The van der Waals surface area contributed by atoms with E-state index in [0.29, 0.717) is 17.4 Å². The molecule has 1 amide bonds. The highest BCUT2D eigenvalue weighted by Gasteiger charge is 2.22. The molecule has 1 N–H and O–H groups in total. The molecule has 0 bridgehead atoms. The van der Waals surface area contributed by atoms with Crippen LogP contribution >= 0.6 is 11.3 Å². The largest absolute Gasteiger partial charge is 0.351 e. The molecule has 2 saturated heterocycles. The topological polar surface area (TPSA) is 86.1 Å². The lowest BCUT2D eigenvalue weighted by Crippen LogP contribution is -2.45. The lowest BCUT2D eigenvalue weighted by Gasteiger charge is -2.32. The number of aromatic nitrogens is 3. The van der Waals surface area contributed by atoms with Crippen molar-refractivity contribution in [3.8, 4) is 0 Å². The van der Waals surface area contributed by atoms with Gasteiger partial charge in [0.2, 0.25) is 10.1 Å². The molecule has 2 aliphatic rings. The maximum Gasteiger partial charge on any atom is 0.274 e. The van der Waals surface area contributed by atoms with Crippen molar-refractivity contribution in [2.75, 3.05) is 64.3 Å². The van der Waals surface area contributed by atoms with Gasteiger partial charge in [0, 0.05) is 51.9 Å². The highest BCUT2D eigenvalue weighted by molar-refractivity contribution is 7.20. The second kappa shape index (κ2) is 9.40. The summed E-state index contributed by atoms with van der Waals surface area (Å²) in [4.78, 5) is 36.4. The Kier molecular flexibility index (Phi) is 6.64. The number of nitrogens with zero attached hydrogens (tertiary/aromatic N) is 6. The molecule has 2 aliphatic heterocycles. The zero-order valence-corrected chi connectivity index (χ0v) is 18.7. The van der Waals surface area contributed by atoms with Crippen LogP contribution in [0.5, 0.6) is 0 Å². The van der Waals surface area contributed by atoms with Crippen molar-refractivity contribution in [2.24, 2.45) is 5.92 Å². The summed E-state index contributed by atoms with van der Waals surface area (Å²) in [6, 6.07) is 1.28. The molecule has 0 radical (unpaired) electrons. The van der Waals surface area contributed by atoms with E-state index in [4.69, 9.17) is 0 Å². The Morgan fingerprint density at radius 3 is 2.83 bits per heavy atom. The standard InChI is InChI=1S/C20H31N7O2S/c1-15-5-3-8-26(14-15)20-23-27-16(13-17(28)22-19(27)30-20)18(29)21-6-4-7-25-11-9-24(2)10-12-25/h13,15H,3-12,14H2,1-2H3,(H,21,29)/t15-/m0/s1. The Balaban J connectivity index is 1.40. The van der Waals surface area contributed by atoms with E-state index in [-0.39, 0.29) is 11.6 Å². The van der Waals surface area contributed by atoms with Gasteiger partial charge in [-0.25, -0.2) is 0 Å². The van der Waals surface area contributed by atoms with Gasteiger partial charge in [0.1, 0.15) is 5.69 Å². The fourth-order valence-corrected chi connectivity index (χ4v) is 5.07. The minimum absolute atomic E-state index is 0.261. The summed E-state index contributed by atoms with van der Waals surface area (Å²) in [7, 11) is 2.14. The lowest BCUT2D eigenvalue weighted by atomic mass is 10.0. The number of fused-ring (bicyclic) bond motifs is 1. The van der Waals surface area contributed by atoms with Crippen LogP contribution in [-0.2, 0) is 0 Å². The summed E-state index contributed by atoms with van der Waals surface area (Å²) >= 11 is 1.37. The second-order valence-corrected chi connectivity index (χ2v) is 9.44. The van der Waals surface area contributed by atoms with Gasteiger partial charge in [0.05, 0.1) is 0 Å². The molecule has 0 spiro atoms. The van der Waals surface area contributed by atoms with Gasteiger partial charge in [0.25, 0.3) is 11.5 Å². The van der Waals surface area contributed by atoms with Crippen molar-refractivity contribution in [3.63, 3.8) is 0 Å². The van der Waals surface area contributed by atoms with Crippen molar-refractivity contribution < 1.29 is 4.79 Å². The Bertz CT molecular complexity index is 935. The van der Waals surface area contributed by atoms with E-state index in [9.17, 15) is 9.59 Å². The highest BCUT2D eigenvalue weighted by Crippen LogP contribution is 2.27. The third-order valence-corrected chi connectivity index (χ3v) is 6.91. The molecule has 2 aromatic heterocycles. The van der Waals surface area contributed by atoms with E-state index >= 15 is 0 Å². The van der Waals surface area contributed by atoms with Crippen molar-refractivity contribution >= 4 is 27.3 Å². The van der Waals surface area contributed by atoms with E-state index < -0.39 is 5.56 Å². The van der Waals surface area contributed by atoms with Crippen LogP contribution in [-0.4, -0.2) is 89.7 Å². The third kappa shape index (κ3) is 4.98. The van der Waals surface area contributed by atoms with Crippen LogP contribution in [0.25, 0.3) is 4.96 Å². The van der Waals surface area contributed by atoms with Crippen LogP contribution < -0.4 is 15.8 Å². The number of anilines is 1. The summed E-state index contributed by atoms with van der Waals surface area (Å²) in [5.74, 6) is 0.341. The number of piperazine rings is 1. The maximum absolute atomic E-state index is 12.8. The van der Waals surface area contributed by atoms with Gasteiger partial charge in [-0.15, -0.1) is 5.10 Å². The Morgan fingerprint density at radius 1 is 1.27 bits per heavy atom. The molecule has 1 atom stereocenters. The van der Waals surface area contributed by atoms with Crippen LogP contribution in [0.15, 0.2) is 10.9 Å². The number of piperidine rings is 1.